The lowest BCUT2D eigenvalue weighted by molar-refractivity contribution is 0.102. The van der Waals surface area contributed by atoms with E-state index in [4.69, 9.17) is 0 Å². The van der Waals surface area contributed by atoms with Crippen LogP contribution in [0, 0.1) is 0 Å². The Morgan fingerprint density at radius 3 is 2.58 bits per heavy atom. The van der Waals surface area contributed by atoms with Crippen molar-refractivity contribution >= 4 is 27.3 Å². The first-order valence-corrected chi connectivity index (χ1v) is 12.1. The number of anilines is 2. The van der Waals surface area contributed by atoms with Gasteiger partial charge in [-0.3, -0.25) is 9.10 Å². The molecule has 0 saturated heterocycles. The van der Waals surface area contributed by atoms with Crippen molar-refractivity contribution in [3.63, 3.8) is 0 Å². The molecule has 8 heteroatoms. The van der Waals surface area contributed by atoms with Crippen molar-refractivity contribution in [1.29, 1.82) is 0 Å². The molecule has 0 spiro atoms. The summed E-state index contributed by atoms with van der Waals surface area (Å²) in [6, 6.07) is 21.0. The average Bonchev–Trinajstić information content (AvgIpc) is 3.39. The van der Waals surface area contributed by atoms with Crippen LogP contribution in [0.4, 0.5) is 11.4 Å². The average molecular weight is 459 g/mol. The first-order chi connectivity index (χ1) is 16.0. The third-order valence-corrected chi connectivity index (χ3v) is 7.49. The zero-order valence-corrected chi connectivity index (χ0v) is 18.6. The Labute approximate surface area is 192 Å². The van der Waals surface area contributed by atoms with Gasteiger partial charge < -0.3 is 9.88 Å². The quantitative estimate of drug-likeness (QED) is 0.484. The number of aryl methyl sites for hydroxylation is 1. The molecule has 4 aromatic rings. The molecule has 5 rings (SSSR count). The molecule has 1 amide bonds. The molecule has 0 aliphatic carbocycles. The molecule has 1 N–H and O–H groups in total. The SMILES string of the molecule is O=C(Nc1ccc(-n2ccnc2)cc1)c1cccc(S(=O)(=O)N2CCCc3ccccc32)c1. The van der Waals surface area contributed by atoms with Crippen LogP contribution < -0.4 is 9.62 Å². The molecule has 0 saturated carbocycles. The Morgan fingerprint density at radius 2 is 1.79 bits per heavy atom. The first-order valence-electron chi connectivity index (χ1n) is 10.6. The molecule has 0 fully saturated rings. The fraction of sp³-hybridized carbons (Fsp3) is 0.120. The topological polar surface area (TPSA) is 84.3 Å². The minimum absolute atomic E-state index is 0.0994. The van der Waals surface area contributed by atoms with E-state index in [0.717, 1.165) is 24.1 Å². The minimum atomic E-state index is -3.79. The number of carbonyl (C=O) groups is 1. The van der Waals surface area contributed by atoms with Crippen LogP contribution in [0.15, 0.2) is 96.4 Å². The fourth-order valence-corrected chi connectivity index (χ4v) is 5.59. The molecular weight excluding hydrogens is 436 g/mol. The maximum absolute atomic E-state index is 13.4. The molecule has 0 bridgehead atoms. The summed E-state index contributed by atoms with van der Waals surface area (Å²) in [5.41, 5.74) is 3.53. The second kappa shape index (κ2) is 8.55. The fourth-order valence-electron chi connectivity index (χ4n) is 4.01. The summed E-state index contributed by atoms with van der Waals surface area (Å²) >= 11 is 0. The molecule has 0 radical (unpaired) electrons. The van der Waals surface area contributed by atoms with Crippen LogP contribution in [0.3, 0.4) is 0 Å². The second-order valence-corrected chi connectivity index (χ2v) is 9.67. The Hall–Kier alpha value is -3.91. The summed E-state index contributed by atoms with van der Waals surface area (Å²) in [6.07, 6.45) is 6.83. The first kappa shape index (κ1) is 21.0. The monoisotopic (exact) mass is 458 g/mol. The number of amides is 1. The minimum Gasteiger partial charge on any atom is -0.322 e. The number of para-hydroxylation sites is 1. The van der Waals surface area contributed by atoms with Gasteiger partial charge in [0.15, 0.2) is 0 Å². The van der Waals surface area contributed by atoms with Crippen LogP contribution in [0.25, 0.3) is 5.69 Å². The molecule has 0 unspecified atom stereocenters. The summed E-state index contributed by atoms with van der Waals surface area (Å²) in [4.78, 5) is 17.0. The molecule has 7 nitrogen and oxygen atoms in total. The third kappa shape index (κ3) is 4.12. The predicted molar refractivity (Wildman–Crippen MR) is 127 cm³/mol. The van der Waals surface area contributed by atoms with Gasteiger partial charge in [-0.25, -0.2) is 13.4 Å². The Balaban J connectivity index is 1.37. The van der Waals surface area contributed by atoms with Gasteiger partial charge in [-0.15, -0.1) is 0 Å². The van der Waals surface area contributed by atoms with Gasteiger partial charge in [0.05, 0.1) is 16.9 Å². The van der Waals surface area contributed by atoms with Gasteiger partial charge in [0.2, 0.25) is 0 Å². The summed E-state index contributed by atoms with van der Waals surface area (Å²) in [7, 11) is -3.79. The van der Waals surface area contributed by atoms with E-state index in [1.807, 2.05) is 47.2 Å². The van der Waals surface area contributed by atoms with E-state index in [2.05, 4.69) is 10.3 Å². The smallest absolute Gasteiger partial charge is 0.264 e. The van der Waals surface area contributed by atoms with Gasteiger partial charge in [0.25, 0.3) is 15.9 Å². The standard InChI is InChI=1S/C25H22N4O3S/c30-25(27-21-10-12-22(13-11-21)28-16-14-26-18-28)20-6-3-8-23(17-20)33(31,32)29-15-4-7-19-5-1-2-9-24(19)29/h1-3,5-6,8-14,16-18H,4,7,15H2,(H,27,30). The van der Waals surface area contributed by atoms with Gasteiger partial charge in [0.1, 0.15) is 0 Å². The molecule has 2 heterocycles. The predicted octanol–water partition coefficient (Wildman–Crippen LogP) is 4.27. The summed E-state index contributed by atoms with van der Waals surface area (Å²) in [5, 5.41) is 2.83. The maximum Gasteiger partial charge on any atom is 0.264 e. The number of aromatic nitrogens is 2. The molecule has 33 heavy (non-hydrogen) atoms. The molecule has 0 atom stereocenters. The molecule has 1 aliphatic heterocycles. The maximum atomic E-state index is 13.4. The van der Waals surface area contributed by atoms with Crippen LogP contribution in [-0.4, -0.2) is 30.4 Å². The number of fused-ring (bicyclic) bond motifs is 1. The van der Waals surface area contributed by atoms with E-state index < -0.39 is 10.0 Å². The number of hydrogen-bond donors (Lipinski definition) is 1. The molecule has 1 aliphatic rings. The van der Waals surface area contributed by atoms with Gasteiger partial charge >= 0.3 is 0 Å². The molecule has 166 valence electrons. The lowest BCUT2D eigenvalue weighted by Gasteiger charge is -2.30. The number of nitrogens with one attached hydrogen (secondary N) is 1. The lowest BCUT2D eigenvalue weighted by Crippen LogP contribution is -2.35. The number of carbonyl (C=O) groups excluding carboxylic acids is 1. The van der Waals surface area contributed by atoms with E-state index in [1.165, 1.54) is 16.4 Å². The summed E-state index contributed by atoms with van der Waals surface area (Å²) < 4.78 is 30.1. The van der Waals surface area contributed by atoms with Gasteiger partial charge in [-0.1, -0.05) is 24.3 Å². The van der Waals surface area contributed by atoms with Crippen LogP contribution in [0.1, 0.15) is 22.3 Å². The van der Waals surface area contributed by atoms with Crippen LogP contribution >= 0.6 is 0 Å². The normalized spacial score (nSPS) is 13.4. The molecular formula is C25H22N4O3S. The number of hydrogen-bond acceptors (Lipinski definition) is 4. The number of rotatable bonds is 5. The van der Waals surface area contributed by atoms with Crippen LogP contribution in [0.2, 0.25) is 0 Å². The van der Waals surface area contributed by atoms with Gasteiger partial charge in [-0.2, -0.15) is 0 Å². The van der Waals surface area contributed by atoms with Crippen molar-refractivity contribution in [3.8, 4) is 5.69 Å². The Bertz CT molecular complexity index is 1400. The van der Waals surface area contributed by atoms with E-state index in [-0.39, 0.29) is 16.4 Å². The second-order valence-electron chi connectivity index (χ2n) is 7.81. The van der Waals surface area contributed by atoms with E-state index in [0.29, 0.717) is 17.9 Å². The summed E-state index contributed by atoms with van der Waals surface area (Å²) in [6.45, 7) is 0.416. The highest BCUT2D eigenvalue weighted by Crippen LogP contribution is 2.32. The summed E-state index contributed by atoms with van der Waals surface area (Å²) in [5.74, 6) is -0.374. The van der Waals surface area contributed by atoms with Crippen molar-refractivity contribution < 1.29 is 13.2 Å². The van der Waals surface area contributed by atoms with Crippen LogP contribution in [-0.2, 0) is 16.4 Å². The van der Waals surface area contributed by atoms with Crippen molar-refractivity contribution in [2.45, 2.75) is 17.7 Å². The largest absolute Gasteiger partial charge is 0.322 e. The Morgan fingerprint density at radius 1 is 0.970 bits per heavy atom. The molecule has 3 aromatic carbocycles. The van der Waals surface area contributed by atoms with Crippen molar-refractivity contribution in [1.82, 2.24) is 9.55 Å². The zero-order valence-electron chi connectivity index (χ0n) is 17.8. The van der Waals surface area contributed by atoms with E-state index in [1.54, 1.807) is 36.8 Å². The Kier molecular flexibility index (Phi) is 5.43. The highest BCUT2D eigenvalue weighted by molar-refractivity contribution is 7.92. The van der Waals surface area contributed by atoms with E-state index in [9.17, 15) is 13.2 Å². The highest BCUT2D eigenvalue weighted by atomic mass is 32.2. The van der Waals surface area contributed by atoms with Crippen LogP contribution in [0.5, 0.6) is 0 Å². The highest BCUT2D eigenvalue weighted by Gasteiger charge is 2.29. The zero-order chi connectivity index (χ0) is 22.8. The lowest BCUT2D eigenvalue weighted by atomic mass is 10.0. The number of benzene rings is 3. The number of imidazole rings is 1. The number of nitrogens with zero attached hydrogens (tertiary/aromatic N) is 3. The van der Waals surface area contributed by atoms with Gasteiger partial charge in [-0.05, 0) is 66.9 Å². The van der Waals surface area contributed by atoms with Crippen molar-refractivity contribution in [2.75, 3.05) is 16.2 Å². The van der Waals surface area contributed by atoms with E-state index >= 15 is 0 Å². The van der Waals surface area contributed by atoms with Gasteiger partial charge in [0, 0.05) is 35.9 Å². The van der Waals surface area contributed by atoms with Crippen molar-refractivity contribution in [2.24, 2.45) is 0 Å². The van der Waals surface area contributed by atoms with Crippen molar-refractivity contribution in [3.05, 3.63) is 103 Å². The third-order valence-electron chi connectivity index (χ3n) is 5.68. The molecule has 1 aromatic heterocycles. The number of sulfonamides is 1.